The lowest BCUT2D eigenvalue weighted by Crippen LogP contribution is -2.47. The molecular weight excluding hydrogens is 444 g/mol. The molecule has 0 aromatic heterocycles. The molecule has 1 aliphatic heterocycles. The van der Waals surface area contributed by atoms with Crippen molar-refractivity contribution in [2.24, 2.45) is 5.92 Å². The van der Waals surface area contributed by atoms with E-state index in [0.717, 1.165) is 11.1 Å². The number of piperidine rings is 1. The lowest BCUT2D eigenvalue weighted by molar-refractivity contribution is -0.147. The van der Waals surface area contributed by atoms with Gasteiger partial charge in [0.2, 0.25) is 5.91 Å². The number of likely N-dealkylation sites (tertiary alicyclic amines) is 1. The van der Waals surface area contributed by atoms with Crippen LogP contribution in [0, 0.1) is 5.92 Å². The smallest absolute Gasteiger partial charge is 0.407 e. The highest BCUT2D eigenvalue weighted by Crippen LogP contribution is 2.44. The van der Waals surface area contributed by atoms with Gasteiger partial charge in [-0.05, 0) is 54.9 Å². The number of carbonyl (C=O) groups excluding carboxylic acids is 2. The van der Waals surface area contributed by atoms with E-state index >= 15 is 0 Å². The molecule has 0 spiro atoms. The third-order valence-electron chi connectivity index (χ3n) is 7.42. The van der Waals surface area contributed by atoms with Gasteiger partial charge in [-0.15, -0.1) is 0 Å². The van der Waals surface area contributed by atoms with Gasteiger partial charge in [-0.3, -0.25) is 9.59 Å². The number of alkyl carbamates (subject to hydrolysis) is 1. The standard InChI is InChI=1S/C28H34N2O5/c1-3-20(14-15-26(31)30-16-19(27(32)33)13-12-18(30)2)29-28(34)35-17-25-23-10-6-4-8-21(23)22-9-5-7-11-24(22)25/h4-11,18-20,25H,3,12-17H2,1-2H3,(H,29,34)(H,32,33). The largest absolute Gasteiger partial charge is 0.481 e. The predicted octanol–water partition coefficient (Wildman–Crippen LogP) is 4.80. The summed E-state index contributed by atoms with van der Waals surface area (Å²) in [6, 6.07) is 16.2. The lowest BCUT2D eigenvalue weighted by Gasteiger charge is -2.36. The Morgan fingerprint density at radius 1 is 1.06 bits per heavy atom. The van der Waals surface area contributed by atoms with Crippen molar-refractivity contribution in [2.75, 3.05) is 13.2 Å². The van der Waals surface area contributed by atoms with E-state index in [1.807, 2.05) is 38.1 Å². The molecule has 0 radical (unpaired) electrons. The normalized spacial score (nSPS) is 20.0. The summed E-state index contributed by atoms with van der Waals surface area (Å²) in [5.74, 6) is -1.41. The number of fused-ring (bicyclic) bond motifs is 3. The molecule has 186 valence electrons. The Labute approximate surface area is 206 Å². The molecule has 1 aliphatic carbocycles. The lowest BCUT2D eigenvalue weighted by atomic mass is 9.93. The second-order valence-corrected chi connectivity index (χ2v) is 9.62. The van der Waals surface area contributed by atoms with Crippen LogP contribution >= 0.6 is 0 Å². The van der Waals surface area contributed by atoms with Crippen LogP contribution in [0.4, 0.5) is 4.79 Å². The summed E-state index contributed by atoms with van der Waals surface area (Å²) >= 11 is 0. The van der Waals surface area contributed by atoms with Crippen LogP contribution in [0.1, 0.15) is 63.0 Å². The van der Waals surface area contributed by atoms with E-state index in [4.69, 9.17) is 4.74 Å². The number of ether oxygens (including phenoxy) is 1. The fraction of sp³-hybridized carbons (Fsp3) is 0.464. The molecule has 2 aromatic carbocycles. The second-order valence-electron chi connectivity index (χ2n) is 9.62. The molecule has 0 saturated carbocycles. The first-order chi connectivity index (χ1) is 16.9. The van der Waals surface area contributed by atoms with E-state index in [0.29, 0.717) is 25.7 Å². The molecule has 4 rings (SSSR count). The van der Waals surface area contributed by atoms with Crippen LogP contribution in [-0.2, 0) is 14.3 Å². The topological polar surface area (TPSA) is 95.9 Å². The number of amides is 2. The highest BCUT2D eigenvalue weighted by atomic mass is 16.5. The van der Waals surface area contributed by atoms with Crippen molar-refractivity contribution < 1.29 is 24.2 Å². The summed E-state index contributed by atoms with van der Waals surface area (Å²) in [6.45, 7) is 4.42. The minimum Gasteiger partial charge on any atom is -0.481 e. The molecule has 7 heteroatoms. The molecular formula is C28H34N2O5. The number of nitrogens with zero attached hydrogens (tertiary/aromatic N) is 1. The van der Waals surface area contributed by atoms with Crippen LogP contribution < -0.4 is 5.32 Å². The average molecular weight is 479 g/mol. The van der Waals surface area contributed by atoms with E-state index in [1.54, 1.807) is 4.90 Å². The monoisotopic (exact) mass is 478 g/mol. The maximum absolute atomic E-state index is 12.8. The molecule has 3 atom stereocenters. The summed E-state index contributed by atoms with van der Waals surface area (Å²) in [4.78, 5) is 38.5. The number of carboxylic acids is 1. The van der Waals surface area contributed by atoms with E-state index in [9.17, 15) is 19.5 Å². The van der Waals surface area contributed by atoms with Gasteiger partial charge in [0.1, 0.15) is 6.61 Å². The van der Waals surface area contributed by atoms with Crippen molar-refractivity contribution in [3.8, 4) is 11.1 Å². The van der Waals surface area contributed by atoms with Crippen molar-refractivity contribution in [2.45, 2.75) is 64.0 Å². The minimum atomic E-state index is -0.849. The maximum Gasteiger partial charge on any atom is 0.407 e. The van der Waals surface area contributed by atoms with Gasteiger partial charge < -0.3 is 20.1 Å². The van der Waals surface area contributed by atoms with Gasteiger partial charge in [0.25, 0.3) is 0 Å². The van der Waals surface area contributed by atoms with Gasteiger partial charge in [-0.1, -0.05) is 55.5 Å². The van der Waals surface area contributed by atoms with Gasteiger partial charge in [0, 0.05) is 31.0 Å². The van der Waals surface area contributed by atoms with Crippen LogP contribution in [0.2, 0.25) is 0 Å². The minimum absolute atomic E-state index is 0.00225. The van der Waals surface area contributed by atoms with Crippen molar-refractivity contribution in [3.05, 3.63) is 59.7 Å². The number of rotatable bonds is 8. The summed E-state index contributed by atoms with van der Waals surface area (Å²) in [7, 11) is 0. The van der Waals surface area contributed by atoms with Crippen LogP contribution in [0.25, 0.3) is 11.1 Å². The van der Waals surface area contributed by atoms with E-state index < -0.39 is 18.0 Å². The Hall–Kier alpha value is -3.35. The summed E-state index contributed by atoms with van der Waals surface area (Å²) < 4.78 is 5.64. The molecule has 7 nitrogen and oxygen atoms in total. The van der Waals surface area contributed by atoms with Gasteiger partial charge in [0.05, 0.1) is 5.92 Å². The molecule has 1 heterocycles. The second kappa shape index (κ2) is 10.9. The fourth-order valence-electron chi connectivity index (χ4n) is 5.28. The van der Waals surface area contributed by atoms with Crippen LogP contribution in [0.5, 0.6) is 0 Å². The Morgan fingerprint density at radius 3 is 2.29 bits per heavy atom. The van der Waals surface area contributed by atoms with Gasteiger partial charge in [-0.25, -0.2) is 4.79 Å². The molecule has 3 unspecified atom stereocenters. The predicted molar refractivity (Wildman–Crippen MR) is 133 cm³/mol. The first kappa shape index (κ1) is 24.8. The molecule has 0 bridgehead atoms. The summed E-state index contributed by atoms with van der Waals surface area (Å²) in [6.07, 6.45) is 2.23. The van der Waals surface area contributed by atoms with Crippen LogP contribution in [0.15, 0.2) is 48.5 Å². The first-order valence-electron chi connectivity index (χ1n) is 12.5. The zero-order valence-electron chi connectivity index (χ0n) is 20.4. The number of aliphatic carboxylic acids is 1. The third-order valence-corrected chi connectivity index (χ3v) is 7.42. The quantitative estimate of drug-likeness (QED) is 0.568. The Kier molecular flexibility index (Phi) is 7.73. The average Bonchev–Trinajstić information content (AvgIpc) is 3.19. The molecule has 1 fully saturated rings. The third kappa shape index (κ3) is 5.50. The molecule has 2 aromatic rings. The highest BCUT2D eigenvalue weighted by Gasteiger charge is 2.33. The fourth-order valence-corrected chi connectivity index (χ4v) is 5.28. The van der Waals surface area contributed by atoms with Crippen molar-refractivity contribution in [3.63, 3.8) is 0 Å². The van der Waals surface area contributed by atoms with Gasteiger partial charge in [-0.2, -0.15) is 0 Å². The maximum atomic E-state index is 12.8. The SMILES string of the molecule is CCC(CCC(=O)N1CC(C(=O)O)CCC1C)NC(=O)OCC1c2ccccc2-c2ccccc21. The highest BCUT2D eigenvalue weighted by molar-refractivity contribution is 5.79. The van der Waals surface area contributed by atoms with Crippen molar-refractivity contribution in [1.82, 2.24) is 10.2 Å². The van der Waals surface area contributed by atoms with E-state index in [2.05, 4.69) is 29.6 Å². The van der Waals surface area contributed by atoms with Gasteiger partial charge >= 0.3 is 12.1 Å². The zero-order valence-corrected chi connectivity index (χ0v) is 20.4. The summed E-state index contributed by atoms with van der Waals surface area (Å²) in [5, 5.41) is 12.2. The van der Waals surface area contributed by atoms with Crippen LogP contribution in [0.3, 0.4) is 0 Å². The van der Waals surface area contributed by atoms with Gasteiger partial charge in [0.15, 0.2) is 0 Å². The van der Waals surface area contributed by atoms with Crippen molar-refractivity contribution in [1.29, 1.82) is 0 Å². The first-order valence-corrected chi connectivity index (χ1v) is 12.5. The zero-order chi connectivity index (χ0) is 24.9. The van der Waals surface area contributed by atoms with E-state index in [1.165, 1.54) is 11.1 Å². The Bertz CT molecular complexity index is 1040. The Morgan fingerprint density at radius 2 is 1.69 bits per heavy atom. The number of nitrogens with one attached hydrogen (secondary N) is 1. The van der Waals surface area contributed by atoms with Crippen LogP contribution in [-0.4, -0.2) is 53.2 Å². The van der Waals surface area contributed by atoms with Crippen molar-refractivity contribution >= 4 is 18.0 Å². The number of hydrogen-bond donors (Lipinski definition) is 2. The van der Waals surface area contributed by atoms with E-state index in [-0.39, 0.29) is 43.5 Å². The molecule has 35 heavy (non-hydrogen) atoms. The number of carboxylic acid groups (broad SMARTS) is 1. The number of carbonyl (C=O) groups is 3. The number of benzene rings is 2. The molecule has 2 N–H and O–H groups in total. The molecule has 1 saturated heterocycles. The molecule has 2 aliphatic rings. The number of hydrogen-bond acceptors (Lipinski definition) is 4. The molecule has 2 amide bonds. The summed E-state index contributed by atoms with van der Waals surface area (Å²) in [5.41, 5.74) is 4.68. The Balaban J connectivity index is 1.29.